The molecule has 3 nitrogen and oxygen atoms in total. The summed E-state index contributed by atoms with van der Waals surface area (Å²) in [6, 6.07) is 0. The van der Waals surface area contributed by atoms with Gasteiger partial charge in [0.15, 0.2) is 0 Å². The van der Waals surface area contributed by atoms with Gasteiger partial charge in [-0.1, -0.05) is 0 Å². The molecule has 0 saturated heterocycles. The molecule has 0 fully saturated rings. The van der Waals surface area contributed by atoms with Crippen LogP contribution in [0.3, 0.4) is 0 Å². The van der Waals surface area contributed by atoms with Crippen LogP contribution >= 0.6 is 17.9 Å². The fourth-order valence-corrected chi connectivity index (χ4v) is 12.5. The fraction of sp³-hybridized carbons (Fsp3) is 0.950. The van der Waals surface area contributed by atoms with Crippen molar-refractivity contribution in [1.29, 1.82) is 0 Å². The molecule has 0 aromatic rings. The number of rotatable bonds is 20. The van der Waals surface area contributed by atoms with E-state index in [1.54, 1.807) is 0 Å². The number of hydrogen-bond donors (Lipinski definition) is 0. The molecule has 0 N–H and O–H groups in total. The van der Waals surface area contributed by atoms with E-state index in [0.29, 0.717) is 18.9 Å². The van der Waals surface area contributed by atoms with Gasteiger partial charge < -0.3 is 0 Å². The van der Waals surface area contributed by atoms with E-state index < -0.39 is 18.4 Å². The number of esters is 1. The van der Waals surface area contributed by atoms with Crippen molar-refractivity contribution in [3.8, 4) is 0 Å². The molecule has 0 aliphatic rings. The summed E-state index contributed by atoms with van der Waals surface area (Å²) < 4.78 is 11.1. The molecule has 0 aromatic heterocycles. The van der Waals surface area contributed by atoms with Gasteiger partial charge in [0.25, 0.3) is 0 Å². The summed E-state index contributed by atoms with van der Waals surface area (Å²) in [7, 11) is 4.11. The van der Waals surface area contributed by atoms with Crippen molar-refractivity contribution in [2.75, 3.05) is 31.3 Å². The molecule has 0 amide bonds. The van der Waals surface area contributed by atoms with E-state index in [1.807, 2.05) is 8.95 Å². The van der Waals surface area contributed by atoms with Crippen LogP contribution in [-0.2, 0) is 14.3 Å². The maximum absolute atomic E-state index is 11.8. The van der Waals surface area contributed by atoms with Gasteiger partial charge in [-0.05, 0) is 0 Å². The second kappa shape index (κ2) is 22.2. The third-order valence-electron chi connectivity index (χ3n) is 4.23. The Labute approximate surface area is 178 Å². The van der Waals surface area contributed by atoms with Gasteiger partial charge in [0.2, 0.25) is 0 Å². The van der Waals surface area contributed by atoms with Crippen molar-refractivity contribution in [3.05, 3.63) is 0 Å². The molecule has 1 atom stereocenters. The molecule has 0 spiro atoms. The van der Waals surface area contributed by atoms with E-state index in [4.69, 9.17) is 9.47 Å². The molecule has 0 aliphatic heterocycles. The van der Waals surface area contributed by atoms with Crippen LogP contribution < -0.4 is 0 Å². The van der Waals surface area contributed by atoms with Gasteiger partial charge in [-0.15, -0.1) is 0 Å². The molecule has 154 valence electrons. The first-order chi connectivity index (χ1) is 12.7. The monoisotopic (exact) mass is 512 g/mol. The van der Waals surface area contributed by atoms with Crippen molar-refractivity contribution < 1.29 is 14.3 Å². The Morgan fingerprint density at radius 1 is 0.923 bits per heavy atom. The van der Waals surface area contributed by atoms with Gasteiger partial charge in [-0.25, -0.2) is 0 Å². The summed E-state index contributed by atoms with van der Waals surface area (Å²) in [6.45, 7) is 9.09. The van der Waals surface area contributed by atoms with E-state index in [-0.39, 0.29) is 5.97 Å². The van der Waals surface area contributed by atoms with Crippen molar-refractivity contribution in [1.82, 2.24) is 0 Å². The zero-order valence-electron chi connectivity index (χ0n) is 17.2. The Morgan fingerprint density at radius 3 is 2.38 bits per heavy atom. The van der Waals surface area contributed by atoms with Crippen molar-refractivity contribution in [2.45, 2.75) is 85.0 Å². The predicted octanol–water partition coefficient (Wildman–Crippen LogP) is 6.12. The van der Waals surface area contributed by atoms with E-state index in [0.717, 1.165) is 31.8 Å². The summed E-state index contributed by atoms with van der Waals surface area (Å²) in [5.41, 5.74) is 0. The van der Waals surface area contributed by atoms with Gasteiger partial charge in [0, 0.05) is 0 Å². The maximum atomic E-state index is 11.8. The molecule has 0 heterocycles. The van der Waals surface area contributed by atoms with Crippen molar-refractivity contribution in [3.63, 3.8) is 0 Å². The quantitative estimate of drug-likeness (QED) is 0.112. The third-order valence-corrected chi connectivity index (χ3v) is 15.6. The van der Waals surface area contributed by atoms with Gasteiger partial charge >= 0.3 is 179 Å². The van der Waals surface area contributed by atoms with Crippen LogP contribution in [-0.4, -0.2) is 55.7 Å². The zero-order valence-corrected chi connectivity index (χ0v) is 21.7. The molecule has 0 rings (SSSR count). The minimum atomic E-state index is -0.429. The van der Waals surface area contributed by atoms with Crippen LogP contribution in [0.15, 0.2) is 0 Å². The van der Waals surface area contributed by atoms with Crippen LogP contribution in [0.2, 0.25) is 0 Å². The first-order valence-electron chi connectivity index (χ1n) is 10.5. The second-order valence-electron chi connectivity index (χ2n) is 6.66. The van der Waals surface area contributed by atoms with Gasteiger partial charge in [0.1, 0.15) is 0 Å². The van der Waals surface area contributed by atoms with E-state index >= 15 is 0 Å². The number of carbonyl (C=O) groups excluding carboxylic acids is 1. The molecule has 1 unspecified atom stereocenters. The number of unbranched alkanes of at least 4 members (excludes halogenated alkanes) is 4. The third kappa shape index (κ3) is 19.7. The minimum absolute atomic E-state index is 0.00621. The second-order valence-corrected chi connectivity index (χ2v) is 17.9. The summed E-state index contributed by atoms with van der Waals surface area (Å²) in [4.78, 5) is 11.8. The van der Waals surface area contributed by atoms with Crippen LogP contribution in [0.1, 0.15) is 85.0 Å². The molecule has 0 aromatic carbocycles. The number of ether oxygens (including phenoxy) is 2. The van der Waals surface area contributed by atoms with E-state index in [9.17, 15) is 4.79 Å². The first-order valence-corrected chi connectivity index (χ1v) is 19.4. The van der Waals surface area contributed by atoms with Crippen LogP contribution in [0, 0.1) is 5.92 Å². The topological polar surface area (TPSA) is 35.5 Å². The summed E-state index contributed by atoms with van der Waals surface area (Å²) >= 11 is -0.429. The van der Waals surface area contributed by atoms with Gasteiger partial charge in [-0.2, -0.15) is 0 Å². The molecule has 0 aliphatic carbocycles. The van der Waals surface area contributed by atoms with Crippen molar-refractivity contribution >= 4 is 42.2 Å². The van der Waals surface area contributed by atoms with Crippen LogP contribution in [0.25, 0.3) is 0 Å². The first kappa shape index (κ1) is 26.9. The standard InChI is InChI=1S/C11H22O2S.C9H20OS.Sn/c1-3-5-6-10(4-2)9-13-11(12)7-8-14;1-2-3-4-5-7-10-8-6-9-11;/h10,14H,3-9H2,1-2H3;11H,2-9H2,1H3;/q;;+2/p-2. The molecule has 0 bridgehead atoms. The summed E-state index contributed by atoms with van der Waals surface area (Å²) in [5.74, 6) is 2.70. The fourth-order valence-electron chi connectivity index (χ4n) is 2.41. The SMILES string of the molecule is CCCCCCOCCC[S][Sn][S]CCC(=O)OCC(CC)CCCC. The average molecular weight is 511 g/mol. The Morgan fingerprint density at radius 2 is 1.65 bits per heavy atom. The van der Waals surface area contributed by atoms with E-state index in [1.165, 1.54) is 50.7 Å². The Bertz CT molecular complexity index is 307. The molecular weight excluding hydrogens is 471 g/mol. The zero-order chi connectivity index (χ0) is 19.3. The Hall–Kier alpha value is 0.929. The normalized spacial score (nSPS) is 12.3. The molecule has 0 saturated carbocycles. The van der Waals surface area contributed by atoms with E-state index in [2.05, 4.69) is 29.7 Å². The molecular formula is C20H40O3S2Sn. The molecule has 26 heavy (non-hydrogen) atoms. The average Bonchev–Trinajstić information content (AvgIpc) is 2.65. The van der Waals surface area contributed by atoms with Gasteiger partial charge in [0.05, 0.1) is 0 Å². The predicted molar refractivity (Wildman–Crippen MR) is 119 cm³/mol. The molecule has 2 radical (unpaired) electrons. The summed E-state index contributed by atoms with van der Waals surface area (Å²) in [5, 5.41) is 0. The van der Waals surface area contributed by atoms with Crippen LogP contribution in [0.5, 0.6) is 0 Å². The Balaban J connectivity index is 3.30. The number of hydrogen-bond acceptors (Lipinski definition) is 5. The van der Waals surface area contributed by atoms with Crippen LogP contribution in [0.4, 0.5) is 0 Å². The Kier molecular flexibility index (Phi) is 23.0. The number of carbonyl (C=O) groups is 1. The summed E-state index contributed by atoms with van der Waals surface area (Å²) in [6.07, 6.45) is 11.6. The molecule has 6 heteroatoms. The van der Waals surface area contributed by atoms with Crippen molar-refractivity contribution in [2.24, 2.45) is 5.92 Å². The van der Waals surface area contributed by atoms with Gasteiger partial charge in [-0.3, -0.25) is 0 Å².